The van der Waals surface area contributed by atoms with E-state index in [4.69, 9.17) is 0 Å². The van der Waals surface area contributed by atoms with E-state index in [1.165, 1.54) is 0 Å². The zero-order valence-electron chi connectivity index (χ0n) is 9.77. The molecule has 0 unspecified atom stereocenters. The van der Waals surface area contributed by atoms with E-state index in [1.54, 1.807) is 13.1 Å². The highest BCUT2D eigenvalue weighted by molar-refractivity contribution is 9.10. The van der Waals surface area contributed by atoms with E-state index in [-0.39, 0.29) is 5.78 Å². The molecule has 0 saturated heterocycles. The number of carbonyl (C=O) groups excluding carboxylic acids is 1. The molecule has 0 aliphatic rings. The molecular formula is C13H13BrN2O. The van der Waals surface area contributed by atoms with Gasteiger partial charge < -0.3 is 4.57 Å². The van der Waals surface area contributed by atoms with Crippen LogP contribution in [0.1, 0.15) is 30.0 Å². The molecule has 2 aromatic rings. The number of halogens is 1. The fraction of sp³-hybridized carbons (Fsp3) is 0.231. The van der Waals surface area contributed by atoms with Crippen LogP contribution in [0.4, 0.5) is 0 Å². The molecule has 3 nitrogen and oxygen atoms in total. The van der Waals surface area contributed by atoms with Gasteiger partial charge in [0.25, 0.3) is 0 Å². The van der Waals surface area contributed by atoms with Gasteiger partial charge in [-0.25, -0.2) is 4.98 Å². The molecule has 0 amide bonds. The first-order valence-electron chi connectivity index (χ1n) is 5.46. The Bertz CT molecular complexity index is 560. The van der Waals surface area contributed by atoms with Crippen molar-refractivity contribution < 1.29 is 4.79 Å². The first kappa shape index (κ1) is 12.0. The third kappa shape index (κ3) is 2.31. The van der Waals surface area contributed by atoms with Crippen molar-refractivity contribution in [3.63, 3.8) is 0 Å². The molecule has 1 aromatic carbocycles. The van der Waals surface area contributed by atoms with Crippen molar-refractivity contribution in [2.45, 2.75) is 20.3 Å². The highest BCUT2D eigenvalue weighted by atomic mass is 79.9. The van der Waals surface area contributed by atoms with Gasteiger partial charge in [-0.3, -0.25) is 4.79 Å². The number of carbonyl (C=O) groups is 1. The summed E-state index contributed by atoms with van der Waals surface area (Å²) < 4.78 is 2.92. The fourth-order valence-electron chi connectivity index (χ4n) is 1.74. The van der Waals surface area contributed by atoms with Crippen LogP contribution in [0, 0.1) is 0 Å². The smallest absolute Gasteiger partial charge is 0.159 e. The van der Waals surface area contributed by atoms with Crippen molar-refractivity contribution in [1.82, 2.24) is 9.55 Å². The van der Waals surface area contributed by atoms with Crippen LogP contribution in [-0.4, -0.2) is 15.3 Å². The maximum absolute atomic E-state index is 11.3. The summed E-state index contributed by atoms with van der Waals surface area (Å²) in [5.41, 5.74) is 1.71. The molecule has 0 fully saturated rings. The lowest BCUT2D eigenvalue weighted by atomic mass is 10.1. The molecule has 0 atom stereocenters. The lowest BCUT2D eigenvalue weighted by molar-refractivity contribution is 0.101. The van der Waals surface area contributed by atoms with Crippen molar-refractivity contribution >= 4 is 21.7 Å². The summed E-state index contributed by atoms with van der Waals surface area (Å²) in [6.07, 6.45) is 4.57. The summed E-state index contributed by atoms with van der Waals surface area (Å²) in [5, 5.41) is 0. The van der Waals surface area contributed by atoms with Crippen LogP contribution >= 0.6 is 15.9 Å². The Balaban J connectivity index is 2.50. The fourth-order valence-corrected chi connectivity index (χ4v) is 2.31. The molecule has 4 heteroatoms. The molecule has 0 N–H and O–H groups in total. The van der Waals surface area contributed by atoms with Gasteiger partial charge in [0.2, 0.25) is 0 Å². The van der Waals surface area contributed by atoms with E-state index in [9.17, 15) is 4.79 Å². The predicted octanol–water partition coefficient (Wildman–Crippen LogP) is 3.40. The number of aryl methyl sites for hydroxylation is 1. The zero-order valence-corrected chi connectivity index (χ0v) is 11.4. The average Bonchev–Trinajstić information content (AvgIpc) is 2.76. The van der Waals surface area contributed by atoms with Crippen molar-refractivity contribution in [3.05, 3.63) is 46.5 Å². The standard InChI is InChI=1S/C13H13BrN2O/c1-3-13-15-6-7-16(13)12-5-4-10(9(2)17)8-11(12)14/h4-8H,3H2,1-2H3. The van der Waals surface area contributed by atoms with Gasteiger partial charge in [-0.1, -0.05) is 6.92 Å². The van der Waals surface area contributed by atoms with Gasteiger partial charge in [0.15, 0.2) is 5.78 Å². The lowest BCUT2D eigenvalue weighted by Gasteiger charge is -2.09. The van der Waals surface area contributed by atoms with Crippen LogP contribution in [-0.2, 0) is 6.42 Å². The molecule has 88 valence electrons. The monoisotopic (exact) mass is 292 g/mol. The maximum Gasteiger partial charge on any atom is 0.159 e. The van der Waals surface area contributed by atoms with Gasteiger partial charge in [-0.05, 0) is 41.1 Å². The van der Waals surface area contributed by atoms with Gasteiger partial charge in [0.05, 0.1) is 5.69 Å². The van der Waals surface area contributed by atoms with Gasteiger partial charge in [0.1, 0.15) is 5.82 Å². The molecule has 0 saturated carbocycles. The molecule has 0 spiro atoms. The number of ketones is 1. The molecule has 2 rings (SSSR count). The second kappa shape index (κ2) is 4.84. The highest BCUT2D eigenvalue weighted by Gasteiger charge is 2.08. The lowest BCUT2D eigenvalue weighted by Crippen LogP contribution is -2.01. The minimum Gasteiger partial charge on any atom is -0.303 e. The zero-order chi connectivity index (χ0) is 12.4. The number of hydrogen-bond acceptors (Lipinski definition) is 2. The molecule has 1 heterocycles. The predicted molar refractivity (Wildman–Crippen MR) is 70.6 cm³/mol. The number of hydrogen-bond donors (Lipinski definition) is 0. The number of imidazole rings is 1. The SMILES string of the molecule is CCc1nccn1-c1ccc(C(C)=O)cc1Br. The van der Waals surface area contributed by atoms with Gasteiger partial charge in [-0.2, -0.15) is 0 Å². The number of rotatable bonds is 3. The minimum atomic E-state index is 0.0681. The van der Waals surface area contributed by atoms with E-state index in [0.717, 1.165) is 22.4 Å². The number of nitrogens with zero attached hydrogens (tertiary/aromatic N) is 2. The Hall–Kier alpha value is -1.42. The Labute approximate surface area is 109 Å². The molecular weight excluding hydrogens is 280 g/mol. The Kier molecular flexibility index (Phi) is 3.43. The summed E-state index contributed by atoms with van der Waals surface area (Å²) in [7, 11) is 0. The van der Waals surface area contributed by atoms with Gasteiger partial charge in [-0.15, -0.1) is 0 Å². The Morgan fingerprint density at radius 1 is 1.47 bits per heavy atom. The highest BCUT2D eigenvalue weighted by Crippen LogP contribution is 2.24. The van der Waals surface area contributed by atoms with Crippen LogP contribution in [0.25, 0.3) is 5.69 Å². The van der Waals surface area contributed by atoms with Crippen LogP contribution < -0.4 is 0 Å². The Morgan fingerprint density at radius 2 is 2.24 bits per heavy atom. The van der Waals surface area contributed by atoms with E-state index in [1.807, 2.05) is 29.0 Å². The summed E-state index contributed by atoms with van der Waals surface area (Å²) in [4.78, 5) is 15.6. The largest absolute Gasteiger partial charge is 0.303 e. The minimum absolute atomic E-state index is 0.0681. The second-order valence-electron chi connectivity index (χ2n) is 3.79. The topological polar surface area (TPSA) is 34.9 Å². The number of aromatic nitrogens is 2. The summed E-state index contributed by atoms with van der Waals surface area (Å²) >= 11 is 3.50. The van der Waals surface area contributed by atoms with E-state index >= 15 is 0 Å². The number of benzene rings is 1. The number of Topliss-reactive ketones (excluding diaryl/α,β-unsaturated/α-hetero) is 1. The van der Waals surface area contributed by atoms with Crippen molar-refractivity contribution in [2.24, 2.45) is 0 Å². The molecule has 17 heavy (non-hydrogen) atoms. The summed E-state index contributed by atoms with van der Waals surface area (Å²) in [5.74, 6) is 1.07. The average molecular weight is 293 g/mol. The second-order valence-corrected chi connectivity index (χ2v) is 4.64. The third-order valence-corrected chi connectivity index (χ3v) is 3.28. The molecule has 1 aromatic heterocycles. The normalized spacial score (nSPS) is 10.5. The first-order chi connectivity index (χ1) is 8.13. The van der Waals surface area contributed by atoms with Crippen LogP contribution in [0.5, 0.6) is 0 Å². The summed E-state index contributed by atoms with van der Waals surface area (Å²) in [6.45, 7) is 3.63. The first-order valence-corrected chi connectivity index (χ1v) is 6.26. The van der Waals surface area contributed by atoms with E-state index < -0.39 is 0 Å². The maximum atomic E-state index is 11.3. The summed E-state index contributed by atoms with van der Waals surface area (Å²) in [6, 6.07) is 5.61. The third-order valence-electron chi connectivity index (χ3n) is 2.65. The van der Waals surface area contributed by atoms with E-state index in [0.29, 0.717) is 5.56 Å². The van der Waals surface area contributed by atoms with Crippen LogP contribution in [0.2, 0.25) is 0 Å². The van der Waals surface area contributed by atoms with Gasteiger partial charge >= 0.3 is 0 Å². The Morgan fingerprint density at radius 3 is 2.82 bits per heavy atom. The van der Waals surface area contributed by atoms with E-state index in [2.05, 4.69) is 27.8 Å². The van der Waals surface area contributed by atoms with Crippen molar-refractivity contribution in [2.75, 3.05) is 0 Å². The molecule has 0 aliphatic carbocycles. The van der Waals surface area contributed by atoms with Gasteiger partial charge in [0, 0.05) is 28.9 Å². The molecule has 0 bridgehead atoms. The van der Waals surface area contributed by atoms with Crippen molar-refractivity contribution in [1.29, 1.82) is 0 Å². The quantitative estimate of drug-likeness (QED) is 0.813. The van der Waals surface area contributed by atoms with Crippen molar-refractivity contribution in [3.8, 4) is 5.69 Å². The molecule has 0 radical (unpaired) electrons. The van der Waals surface area contributed by atoms with Crippen LogP contribution in [0.3, 0.4) is 0 Å². The van der Waals surface area contributed by atoms with Crippen LogP contribution in [0.15, 0.2) is 35.1 Å². The molecule has 0 aliphatic heterocycles.